The van der Waals surface area contributed by atoms with Gasteiger partial charge in [0, 0.05) is 12.1 Å². The number of phenolic OH excluding ortho intramolecular Hbond substituents is 1. The van der Waals surface area contributed by atoms with Crippen molar-refractivity contribution in [2.45, 2.75) is 6.54 Å². The van der Waals surface area contributed by atoms with Crippen LogP contribution in [0.4, 0.5) is 0 Å². The van der Waals surface area contributed by atoms with Gasteiger partial charge in [0.2, 0.25) is 0 Å². The van der Waals surface area contributed by atoms with Gasteiger partial charge in [0.25, 0.3) is 5.91 Å². The second-order valence-electron chi connectivity index (χ2n) is 5.12. The summed E-state index contributed by atoms with van der Waals surface area (Å²) in [6, 6.07) is 14.3. The fourth-order valence-electron chi connectivity index (χ4n) is 2.32. The maximum Gasteiger partial charge on any atom is 0.257 e. The lowest BCUT2D eigenvalue weighted by atomic mass is 10.1. The molecule has 6 heteroatoms. The summed E-state index contributed by atoms with van der Waals surface area (Å²) in [6.07, 6.45) is 1.39. The van der Waals surface area contributed by atoms with Crippen LogP contribution < -0.4 is 10.1 Å². The number of nitrogens with zero attached hydrogens (tertiary/aromatic N) is 1. The number of aromatic hydroxyl groups is 1. The Kier molecular flexibility index (Phi) is 4.47. The molecule has 2 aromatic carbocycles. The predicted octanol–water partition coefficient (Wildman–Crippen LogP) is 2.99. The zero-order valence-electron chi connectivity index (χ0n) is 13.0. The maximum atomic E-state index is 12.4. The normalized spacial score (nSPS) is 10.4. The lowest BCUT2D eigenvalue weighted by molar-refractivity contribution is 0.0951. The number of phenols is 1. The van der Waals surface area contributed by atoms with Crippen molar-refractivity contribution in [3.05, 3.63) is 65.9 Å². The summed E-state index contributed by atoms with van der Waals surface area (Å²) in [7, 11) is 1.48. The zero-order chi connectivity index (χ0) is 16.9. The summed E-state index contributed by atoms with van der Waals surface area (Å²) in [5.41, 5.74) is 1.89. The van der Waals surface area contributed by atoms with Crippen molar-refractivity contribution in [3.63, 3.8) is 0 Å². The lowest BCUT2D eigenvalue weighted by Crippen LogP contribution is -2.22. The van der Waals surface area contributed by atoms with Crippen LogP contribution in [0.1, 0.15) is 15.9 Å². The van der Waals surface area contributed by atoms with Crippen molar-refractivity contribution < 1.29 is 19.2 Å². The van der Waals surface area contributed by atoms with Crippen LogP contribution in [0.15, 0.2) is 59.3 Å². The molecule has 0 aliphatic heterocycles. The second-order valence-corrected chi connectivity index (χ2v) is 5.12. The molecule has 0 bridgehead atoms. The van der Waals surface area contributed by atoms with E-state index >= 15 is 0 Å². The van der Waals surface area contributed by atoms with Gasteiger partial charge >= 0.3 is 0 Å². The molecule has 0 aliphatic carbocycles. The number of amides is 1. The molecule has 0 saturated carbocycles. The summed E-state index contributed by atoms with van der Waals surface area (Å²) < 4.78 is 10.2. The molecular weight excluding hydrogens is 308 g/mol. The number of rotatable bonds is 5. The van der Waals surface area contributed by atoms with E-state index in [1.165, 1.54) is 13.3 Å². The molecule has 1 aromatic heterocycles. The molecule has 1 heterocycles. The SMILES string of the molecule is COc1ccc(CNC(=O)c2cnoc2-c2ccccc2)cc1O. The zero-order valence-corrected chi connectivity index (χ0v) is 13.0. The van der Waals surface area contributed by atoms with E-state index in [0.29, 0.717) is 17.1 Å². The number of benzene rings is 2. The molecular formula is C18H16N2O4. The smallest absolute Gasteiger partial charge is 0.257 e. The number of hydrogen-bond acceptors (Lipinski definition) is 5. The fraction of sp³-hybridized carbons (Fsp3) is 0.111. The van der Waals surface area contributed by atoms with Crippen LogP contribution in [0.5, 0.6) is 11.5 Å². The van der Waals surface area contributed by atoms with Gasteiger partial charge in [0.15, 0.2) is 17.3 Å². The van der Waals surface area contributed by atoms with Gasteiger partial charge in [-0.2, -0.15) is 0 Å². The van der Waals surface area contributed by atoms with E-state index < -0.39 is 0 Å². The first-order chi connectivity index (χ1) is 11.7. The third-order valence-electron chi connectivity index (χ3n) is 3.55. The average molecular weight is 324 g/mol. The van der Waals surface area contributed by atoms with Gasteiger partial charge in [-0.05, 0) is 17.7 Å². The average Bonchev–Trinajstić information content (AvgIpc) is 3.10. The quantitative estimate of drug-likeness (QED) is 0.753. The Morgan fingerprint density at radius 2 is 2.04 bits per heavy atom. The Balaban J connectivity index is 1.73. The van der Waals surface area contributed by atoms with Crippen molar-refractivity contribution in [2.24, 2.45) is 0 Å². The summed E-state index contributed by atoms with van der Waals surface area (Å²) in [6.45, 7) is 0.260. The summed E-state index contributed by atoms with van der Waals surface area (Å²) in [4.78, 5) is 12.4. The second kappa shape index (κ2) is 6.87. The Morgan fingerprint density at radius 3 is 2.75 bits per heavy atom. The first kappa shape index (κ1) is 15.6. The van der Waals surface area contributed by atoms with E-state index in [9.17, 15) is 9.90 Å². The van der Waals surface area contributed by atoms with Crippen LogP contribution in [-0.2, 0) is 6.54 Å². The van der Waals surface area contributed by atoms with Crippen molar-refractivity contribution >= 4 is 5.91 Å². The Hall–Kier alpha value is -3.28. The number of hydrogen-bond donors (Lipinski definition) is 2. The minimum atomic E-state index is -0.301. The van der Waals surface area contributed by atoms with Gasteiger partial charge < -0.3 is 19.7 Å². The van der Waals surface area contributed by atoms with Crippen molar-refractivity contribution in [3.8, 4) is 22.8 Å². The van der Waals surface area contributed by atoms with Crippen LogP contribution in [-0.4, -0.2) is 23.3 Å². The van der Waals surface area contributed by atoms with Crippen LogP contribution in [0, 0.1) is 0 Å². The predicted molar refractivity (Wildman–Crippen MR) is 87.8 cm³/mol. The van der Waals surface area contributed by atoms with Crippen LogP contribution in [0.2, 0.25) is 0 Å². The molecule has 0 saturated heterocycles. The molecule has 3 rings (SSSR count). The molecule has 0 radical (unpaired) electrons. The molecule has 0 spiro atoms. The van der Waals surface area contributed by atoms with E-state index in [1.807, 2.05) is 30.3 Å². The summed E-state index contributed by atoms with van der Waals surface area (Å²) in [5.74, 6) is 0.533. The van der Waals surface area contributed by atoms with E-state index in [2.05, 4.69) is 10.5 Å². The number of carbonyl (C=O) groups excluding carboxylic acids is 1. The number of ether oxygens (including phenoxy) is 1. The molecule has 0 atom stereocenters. The van der Waals surface area contributed by atoms with E-state index in [1.54, 1.807) is 18.2 Å². The summed E-state index contributed by atoms with van der Waals surface area (Å²) >= 11 is 0. The third-order valence-corrected chi connectivity index (χ3v) is 3.55. The summed E-state index contributed by atoms with van der Waals surface area (Å²) in [5, 5.41) is 16.3. The molecule has 24 heavy (non-hydrogen) atoms. The van der Waals surface area contributed by atoms with Gasteiger partial charge in [0.1, 0.15) is 5.56 Å². The number of carbonyl (C=O) groups is 1. The molecule has 0 aliphatic rings. The van der Waals surface area contributed by atoms with Gasteiger partial charge in [0.05, 0.1) is 13.3 Å². The highest BCUT2D eigenvalue weighted by Crippen LogP contribution is 2.26. The fourth-order valence-corrected chi connectivity index (χ4v) is 2.32. The lowest BCUT2D eigenvalue weighted by Gasteiger charge is -2.08. The van der Waals surface area contributed by atoms with Crippen molar-refractivity contribution in [2.75, 3.05) is 7.11 Å². The number of nitrogens with one attached hydrogen (secondary N) is 1. The molecule has 0 fully saturated rings. The number of aromatic nitrogens is 1. The maximum absolute atomic E-state index is 12.4. The Bertz CT molecular complexity index is 843. The molecule has 6 nitrogen and oxygen atoms in total. The van der Waals surface area contributed by atoms with Crippen molar-refractivity contribution in [1.29, 1.82) is 0 Å². The van der Waals surface area contributed by atoms with Gasteiger partial charge in [-0.25, -0.2) is 0 Å². The van der Waals surface area contributed by atoms with Gasteiger partial charge in [-0.3, -0.25) is 4.79 Å². The van der Waals surface area contributed by atoms with Crippen LogP contribution in [0.25, 0.3) is 11.3 Å². The molecule has 2 N–H and O–H groups in total. The highest BCUT2D eigenvalue weighted by molar-refractivity contribution is 5.99. The largest absolute Gasteiger partial charge is 0.504 e. The van der Waals surface area contributed by atoms with E-state index in [4.69, 9.17) is 9.26 Å². The van der Waals surface area contributed by atoms with Gasteiger partial charge in [-0.15, -0.1) is 0 Å². The molecule has 0 unspecified atom stereocenters. The van der Waals surface area contributed by atoms with Crippen molar-refractivity contribution in [1.82, 2.24) is 10.5 Å². The standard InChI is InChI=1S/C18H16N2O4/c1-23-16-8-7-12(9-15(16)21)10-19-18(22)14-11-20-24-17(14)13-5-3-2-4-6-13/h2-9,11,21H,10H2,1H3,(H,19,22). The van der Waals surface area contributed by atoms with E-state index in [-0.39, 0.29) is 18.2 Å². The monoisotopic (exact) mass is 324 g/mol. The Morgan fingerprint density at radius 1 is 1.25 bits per heavy atom. The Labute approximate surface area is 138 Å². The molecule has 122 valence electrons. The minimum Gasteiger partial charge on any atom is -0.504 e. The molecule has 3 aromatic rings. The first-order valence-corrected chi connectivity index (χ1v) is 7.33. The molecule has 1 amide bonds. The van der Waals surface area contributed by atoms with Crippen LogP contribution >= 0.6 is 0 Å². The topological polar surface area (TPSA) is 84.6 Å². The highest BCUT2D eigenvalue weighted by atomic mass is 16.5. The van der Waals surface area contributed by atoms with E-state index in [0.717, 1.165) is 11.1 Å². The van der Waals surface area contributed by atoms with Crippen LogP contribution in [0.3, 0.4) is 0 Å². The minimum absolute atomic E-state index is 0.0270. The third kappa shape index (κ3) is 3.22. The number of methoxy groups -OCH3 is 1. The van der Waals surface area contributed by atoms with Gasteiger partial charge in [-0.1, -0.05) is 41.6 Å². The first-order valence-electron chi connectivity index (χ1n) is 7.33. The highest BCUT2D eigenvalue weighted by Gasteiger charge is 2.17.